The molecule has 0 spiro atoms. The number of allylic oxidation sites excluding steroid dienone is 4. The highest BCUT2D eigenvalue weighted by atomic mass is 19.1. The fourth-order valence-corrected chi connectivity index (χ4v) is 8.01. The van der Waals surface area contributed by atoms with E-state index in [2.05, 4.69) is 0 Å². The summed E-state index contributed by atoms with van der Waals surface area (Å²) in [6.45, 7) is 4.53. The first kappa shape index (κ1) is 27.6. The zero-order valence-corrected chi connectivity index (χ0v) is 21.7. The van der Waals surface area contributed by atoms with Gasteiger partial charge in [-0.25, -0.2) is 4.39 Å². The van der Waals surface area contributed by atoms with Crippen LogP contribution in [0.3, 0.4) is 0 Å². The van der Waals surface area contributed by atoms with Crippen LogP contribution in [-0.2, 0) is 23.9 Å². The number of rotatable bonds is 8. The monoisotopic (exact) mass is 520 g/mol. The summed E-state index contributed by atoms with van der Waals surface area (Å²) in [5.41, 5.74) is -5.61. The highest BCUT2D eigenvalue weighted by molar-refractivity contribution is 6.01. The number of alkyl halides is 1. The Bertz CT molecular complexity index is 1070. The van der Waals surface area contributed by atoms with Gasteiger partial charge in [-0.3, -0.25) is 19.2 Å². The summed E-state index contributed by atoms with van der Waals surface area (Å²) in [6, 6.07) is 0. The Morgan fingerprint density at radius 2 is 1.84 bits per heavy atom. The molecule has 8 nitrogen and oxygen atoms in total. The summed E-state index contributed by atoms with van der Waals surface area (Å²) < 4.78 is 22.3. The van der Waals surface area contributed by atoms with Crippen molar-refractivity contribution >= 4 is 23.5 Å². The normalized spacial score (nSPS) is 42.3. The molecule has 0 radical (unpaired) electrons. The Balaban J connectivity index is 1.54. The molecule has 0 bridgehead atoms. The van der Waals surface area contributed by atoms with Crippen molar-refractivity contribution in [3.63, 3.8) is 0 Å². The van der Waals surface area contributed by atoms with Gasteiger partial charge in [-0.2, -0.15) is 0 Å². The van der Waals surface area contributed by atoms with Crippen LogP contribution in [0.15, 0.2) is 23.8 Å². The molecule has 204 valence electrons. The molecule has 3 N–H and O–H groups in total. The van der Waals surface area contributed by atoms with E-state index < -0.39 is 70.3 Å². The number of esters is 1. The van der Waals surface area contributed by atoms with Gasteiger partial charge in [-0.1, -0.05) is 25.5 Å². The molecule has 0 unspecified atom stereocenters. The lowest BCUT2D eigenvalue weighted by atomic mass is 9.44. The maximum absolute atomic E-state index is 17.2. The van der Waals surface area contributed by atoms with Crippen molar-refractivity contribution in [2.24, 2.45) is 28.6 Å². The first-order valence-electron chi connectivity index (χ1n) is 13.2. The number of ketones is 2. The van der Waals surface area contributed by atoms with Crippen LogP contribution >= 0.6 is 0 Å². The van der Waals surface area contributed by atoms with Crippen molar-refractivity contribution in [1.82, 2.24) is 0 Å². The van der Waals surface area contributed by atoms with E-state index >= 15 is 4.39 Å². The predicted molar refractivity (Wildman–Crippen MR) is 130 cm³/mol. The van der Waals surface area contributed by atoms with E-state index in [-0.39, 0.29) is 25.0 Å². The van der Waals surface area contributed by atoms with Crippen molar-refractivity contribution in [3.8, 4) is 0 Å². The van der Waals surface area contributed by atoms with E-state index in [4.69, 9.17) is 9.84 Å². The number of halogens is 1. The van der Waals surface area contributed by atoms with E-state index in [0.29, 0.717) is 37.7 Å². The molecule has 4 aliphatic rings. The lowest BCUT2D eigenvalue weighted by Crippen LogP contribution is -2.69. The molecule has 9 heteroatoms. The maximum Gasteiger partial charge on any atom is 0.306 e. The number of carboxylic acid groups (broad SMARTS) is 1. The second-order valence-electron chi connectivity index (χ2n) is 11.9. The van der Waals surface area contributed by atoms with E-state index in [1.165, 1.54) is 12.2 Å². The van der Waals surface area contributed by atoms with E-state index in [0.717, 1.165) is 0 Å². The number of carbonyl (C=O) groups is 4. The average Bonchev–Trinajstić information content (AvgIpc) is 3.03. The minimum absolute atomic E-state index is 0.0377. The number of ether oxygens (including phenoxy) is 1. The van der Waals surface area contributed by atoms with Crippen LogP contribution < -0.4 is 0 Å². The lowest BCUT2D eigenvalue weighted by molar-refractivity contribution is -0.220. The van der Waals surface area contributed by atoms with Gasteiger partial charge in [0.05, 0.1) is 6.10 Å². The number of aliphatic hydroxyl groups excluding tert-OH is 1. The molecular weight excluding hydrogens is 483 g/mol. The van der Waals surface area contributed by atoms with Crippen LogP contribution in [0.25, 0.3) is 0 Å². The third kappa shape index (κ3) is 4.00. The predicted octanol–water partition coefficient (Wildman–Crippen LogP) is 3.09. The summed E-state index contributed by atoms with van der Waals surface area (Å²) in [4.78, 5) is 48.1. The van der Waals surface area contributed by atoms with Crippen molar-refractivity contribution in [1.29, 1.82) is 0 Å². The van der Waals surface area contributed by atoms with Crippen molar-refractivity contribution in [2.75, 3.05) is 6.61 Å². The van der Waals surface area contributed by atoms with Crippen LogP contribution in [0, 0.1) is 28.6 Å². The molecule has 4 rings (SSSR count). The van der Waals surface area contributed by atoms with Crippen molar-refractivity contribution in [3.05, 3.63) is 23.8 Å². The molecule has 3 saturated carbocycles. The van der Waals surface area contributed by atoms with Gasteiger partial charge >= 0.3 is 11.9 Å². The fourth-order valence-electron chi connectivity index (χ4n) is 8.01. The van der Waals surface area contributed by atoms with Crippen LogP contribution in [0.4, 0.5) is 4.39 Å². The third-order valence-corrected chi connectivity index (χ3v) is 10.0. The largest absolute Gasteiger partial charge is 0.481 e. The smallest absolute Gasteiger partial charge is 0.306 e. The summed E-state index contributed by atoms with van der Waals surface area (Å²) in [7, 11) is 0. The zero-order valence-electron chi connectivity index (χ0n) is 21.7. The zero-order chi connectivity index (χ0) is 27.4. The third-order valence-electron chi connectivity index (χ3n) is 10.0. The van der Waals surface area contributed by atoms with Crippen LogP contribution in [0.5, 0.6) is 0 Å². The van der Waals surface area contributed by atoms with E-state index in [1.54, 1.807) is 26.8 Å². The Morgan fingerprint density at radius 3 is 2.51 bits per heavy atom. The second kappa shape index (κ2) is 9.42. The van der Waals surface area contributed by atoms with Crippen molar-refractivity contribution in [2.45, 2.75) is 89.5 Å². The Kier molecular flexibility index (Phi) is 7.03. The number of hydrogen-bond donors (Lipinski definition) is 3. The molecule has 37 heavy (non-hydrogen) atoms. The number of hydrogen-bond acceptors (Lipinski definition) is 7. The SMILES string of the molecule is C[C@@H]1C[C@H]2[C@@H]3CCC4=CC(=O)C=C[C@]4(C)[C@@]3(F)[C@@H](O)C[C@]2(C)[C@@]1(O)C(=O)COC(=O)CCCCC(=O)O. The number of carbonyl (C=O) groups excluding carboxylic acids is 3. The van der Waals surface area contributed by atoms with Gasteiger partial charge in [-0.05, 0) is 69.4 Å². The molecule has 0 aromatic rings. The van der Waals surface area contributed by atoms with Crippen LogP contribution in [0.2, 0.25) is 0 Å². The molecule has 0 aromatic heterocycles. The van der Waals surface area contributed by atoms with Gasteiger partial charge < -0.3 is 20.1 Å². The van der Waals surface area contributed by atoms with E-state index in [9.17, 15) is 29.4 Å². The molecule has 0 amide bonds. The number of Topliss-reactive ketones (excluding diaryl/α,β-unsaturated/α-hetero) is 1. The quantitative estimate of drug-likeness (QED) is 0.328. The van der Waals surface area contributed by atoms with Gasteiger partial charge in [0.15, 0.2) is 18.1 Å². The Hall–Kier alpha value is -2.39. The molecule has 0 aliphatic heterocycles. The lowest BCUT2D eigenvalue weighted by Gasteiger charge is -2.62. The standard InChI is InChI=1S/C28H37FO8/c1-16-12-20-19-9-8-17-13-18(30)10-11-25(17,2)27(19,29)21(31)14-26(20,3)28(16,36)22(32)15-37-24(35)7-5-4-6-23(33)34/h10-11,13,16,19-21,31,36H,4-9,12,14-15H2,1-3H3,(H,33,34)/t16-,19+,20+,21+,25+,26+,27+,28+/m1/s1. The Labute approximate surface area is 215 Å². The number of carboxylic acids is 1. The molecule has 4 aliphatic carbocycles. The summed E-state index contributed by atoms with van der Waals surface area (Å²) in [6.07, 6.45) is 4.51. The first-order valence-corrected chi connectivity index (χ1v) is 13.2. The number of aliphatic hydroxyl groups is 2. The molecule has 8 atom stereocenters. The fraction of sp³-hybridized carbons (Fsp3) is 0.714. The average molecular weight is 521 g/mol. The van der Waals surface area contributed by atoms with Crippen LogP contribution in [0.1, 0.15) is 72.1 Å². The van der Waals surface area contributed by atoms with Gasteiger partial charge in [0.1, 0.15) is 5.60 Å². The van der Waals surface area contributed by atoms with Gasteiger partial charge in [0.25, 0.3) is 0 Å². The van der Waals surface area contributed by atoms with Gasteiger partial charge in [0.2, 0.25) is 5.78 Å². The minimum Gasteiger partial charge on any atom is -0.481 e. The van der Waals surface area contributed by atoms with Crippen molar-refractivity contribution < 1.29 is 43.6 Å². The van der Waals surface area contributed by atoms with E-state index in [1.807, 2.05) is 0 Å². The van der Waals surface area contributed by atoms with Gasteiger partial charge in [0, 0.05) is 29.6 Å². The Morgan fingerprint density at radius 1 is 1.16 bits per heavy atom. The molecule has 3 fully saturated rings. The summed E-state index contributed by atoms with van der Waals surface area (Å²) >= 11 is 0. The summed E-state index contributed by atoms with van der Waals surface area (Å²) in [5.74, 6) is -4.07. The summed E-state index contributed by atoms with van der Waals surface area (Å²) in [5, 5.41) is 31.9. The molecular formula is C28H37FO8. The maximum atomic E-state index is 17.2. The molecule has 0 aromatic carbocycles. The molecule has 0 saturated heterocycles. The van der Waals surface area contributed by atoms with Crippen LogP contribution in [-0.4, -0.2) is 62.8 Å². The van der Waals surface area contributed by atoms with Gasteiger partial charge in [-0.15, -0.1) is 0 Å². The highest BCUT2D eigenvalue weighted by Gasteiger charge is 2.75. The number of fused-ring (bicyclic) bond motifs is 5. The number of unbranched alkanes of at least 4 members (excludes halogenated alkanes) is 1. The minimum atomic E-state index is -2.06. The highest BCUT2D eigenvalue weighted by Crippen LogP contribution is 2.70. The number of aliphatic carboxylic acids is 1. The first-order chi connectivity index (χ1) is 17.2. The molecule has 0 heterocycles. The second-order valence-corrected chi connectivity index (χ2v) is 11.9. The topological polar surface area (TPSA) is 138 Å².